The summed E-state index contributed by atoms with van der Waals surface area (Å²) in [6.07, 6.45) is 3.61. The summed E-state index contributed by atoms with van der Waals surface area (Å²) in [5.74, 6) is 1.04. The van der Waals surface area contributed by atoms with Gasteiger partial charge in [-0.2, -0.15) is 0 Å². The SMILES string of the molecule is COc1cccc(N2CCN(C(=O)CN3CCCCCC3=O)CC2)c1. The number of hydrogen-bond donors (Lipinski definition) is 0. The molecular formula is C19H27N3O3. The molecule has 25 heavy (non-hydrogen) atoms. The van der Waals surface area contributed by atoms with Gasteiger partial charge in [0.1, 0.15) is 5.75 Å². The van der Waals surface area contributed by atoms with Crippen molar-refractivity contribution >= 4 is 17.5 Å². The zero-order valence-corrected chi connectivity index (χ0v) is 14.9. The van der Waals surface area contributed by atoms with Gasteiger partial charge in [0, 0.05) is 50.9 Å². The number of rotatable bonds is 4. The zero-order chi connectivity index (χ0) is 17.6. The monoisotopic (exact) mass is 345 g/mol. The number of carbonyl (C=O) groups is 2. The molecule has 0 N–H and O–H groups in total. The Morgan fingerprint density at radius 1 is 1.08 bits per heavy atom. The molecule has 0 spiro atoms. The Morgan fingerprint density at radius 2 is 1.88 bits per heavy atom. The van der Waals surface area contributed by atoms with Gasteiger partial charge in [-0.1, -0.05) is 12.5 Å². The van der Waals surface area contributed by atoms with Crippen molar-refractivity contribution < 1.29 is 14.3 Å². The second kappa shape index (κ2) is 8.23. The van der Waals surface area contributed by atoms with E-state index in [1.807, 2.05) is 23.1 Å². The second-order valence-electron chi connectivity index (χ2n) is 6.70. The molecule has 1 aromatic carbocycles. The number of carbonyl (C=O) groups excluding carboxylic acids is 2. The van der Waals surface area contributed by atoms with Gasteiger partial charge in [-0.15, -0.1) is 0 Å². The van der Waals surface area contributed by atoms with E-state index in [1.54, 1.807) is 12.0 Å². The van der Waals surface area contributed by atoms with E-state index < -0.39 is 0 Å². The predicted molar refractivity (Wildman–Crippen MR) is 96.8 cm³/mol. The zero-order valence-electron chi connectivity index (χ0n) is 14.9. The van der Waals surface area contributed by atoms with E-state index in [9.17, 15) is 9.59 Å². The van der Waals surface area contributed by atoms with Crippen molar-refractivity contribution in [2.75, 3.05) is 51.3 Å². The van der Waals surface area contributed by atoms with Crippen LogP contribution in [0.25, 0.3) is 0 Å². The minimum absolute atomic E-state index is 0.0699. The first-order valence-corrected chi connectivity index (χ1v) is 9.12. The largest absolute Gasteiger partial charge is 0.497 e. The van der Waals surface area contributed by atoms with E-state index in [1.165, 1.54) is 0 Å². The quantitative estimate of drug-likeness (QED) is 0.834. The summed E-state index contributed by atoms with van der Waals surface area (Å²) in [7, 11) is 1.67. The van der Waals surface area contributed by atoms with Crippen molar-refractivity contribution in [1.82, 2.24) is 9.80 Å². The van der Waals surface area contributed by atoms with Gasteiger partial charge in [0.2, 0.25) is 11.8 Å². The number of anilines is 1. The van der Waals surface area contributed by atoms with E-state index in [2.05, 4.69) is 11.0 Å². The fraction of sp³-hybridized carbons (Fsp3) is 0.579. The van der Waals surface area contributed by atoms with Crippen LogP contribution in [0, 0.1) is 0 Å². The van der Waals surface area contributed by atoms with E-state index in [0.29, 0.717) is 26.1 Å². The van der Waals surface area contributed by atoms with Crippen LogP contribution in [-0.4, -0.2) is 68.0 Å². The predicted octanol–water partition coefficient (Wildman–Crippen LogP) is 1.75. The third kappa shape index (κ3) is 4.44. The Labute approximate surface area is 149 Å². The van der Waals surface area contributed by atoms with E-state index in [0.717, 1.165) is 43.8 Å². The third-order valence-corrected chi connectivity index (χ3v) is 5.05. The van der Waals surface area contributed by atoms with Crippen LogP contribution in [-0.2, 0) is 9.59 Å². The van der Waals surface area contributed by atoms with Crippen molar-refractivity contribution in [2.24, 2.45) is 0 Å². The average molecular weight is 345 g/mol. The fourth-order valence-electron chi connectivity index (χ4n) is 3.49. The Bertz CT molecular complexity index is 612. The summed E-state index contributed by atoms with van der Waals surface area (Å²) in [5.41, 5.74) is 1.12. The van der Waals surface area contributed by atoms with Gasteiger partial charge >= 0.3 is 0 Å². The Morgan fingerprint density at radius 3 is 2.64 bits per heavy atom. The number of nitrogens with zero attached hydrogens (tertiary/aromatic N) is 3. The van der Waals surface area contributed by atoms with Crippen LogP contribution < -0.4 is 9.64 Å². The van der Waals surface area contributed by atoms with Gasteiger partial charge in [-0.25, -0.2) is 0 Å². The number of amides is 2. The molecule has 2 aliphatic rings. The molecule has 0 unspecified atom stereocenters. The minimum atomic E-state index is 0.0699. The average Bonchev–Trinajstić information content (AvgIpc) is 2.86. The van der Waals surface area contributed by atoms with Crippen molar-refractivity contribution in [2.45, 2.75) is 25.7 Å². The normalized spacial score (nSPS) is 18.9. The van der Waals surface area contributed by atoms with Crippen LogP contribution in [0.3, 0.4) is 0 Å². The maximum atomic E-state index is 12.6. The second-order valence-corrected chi connectivity index (χ2v) is 6.70. The van der Waals surface area contributed by atoms with Crippen molar-refractivity contribution in [1.29, 1.82) is 0 Å². The lowest BCUT2D eigenvalue weighted by molar-refractivity contribution is -0.140. The van der Waals surface area contributed by atoms with Crippen LogP contribution in [0.4, 0.5) is 5.69 Å². The van der Waals surface area contributed by atoms with Crippen molar-refractivity contribution in [3.8, 4) is 5.75 Å². The van der Waals surface area contributed by atoms with E-state index in [-0.39, 0.29) is 18.4 Å². The number of hydrogen-bond acceptors (Lipinski definition) is 4. The number of methoxy groups -OCH3 is 1. The molecule has 6 heteroatoms. The molecule has 0 saturated carbocycles. The highest BCUT2D eigenvalue weighted by Crippen LogP contribution is 2.22. The van der Waals surface area contributed by atoms with Crippen LogP contribution >= 0.6 is 0 Å². The van der Waals surface area contributed by atoms with Crippen LogP contribution in [0.2, 0.25) is 0 Å². The summed E-state index contributed by atoms with van der Waals surface area (Å²) in [6, 6.07) is 8.00. The highest BCUT2D eigenvalue weighted by Gasteiger charge is 2.25. The molecule has 0 atom stereocenters. The summed E-state index contributed by atoms with van der Waals surface area (Å²) < 4.78 is 5.28. The Hall–Kier alpha value is -2.24. The molecular weight excluding hydrogens is 318 g/mol. The lowest BCUT2D eigenvalue weighted by Crippen LogP contribution is -2.51. The molecule has 2 amide bonds. The van der Waals surface area contributed by atoms with Crippen LogP contribution in [0.1, 0.15) is 25.7 Å². The highest BCUT2D eigenvalue weighted by atomic mass is 16.5. The number of ether oxygens (including phenoxy) is 1. The third-order valence-electron chi connectivity index (χ3n) is 5.05. The molecule has 6 nitrogen and oxygen atoms in total. The van der Waals surface area contributed by atoms with E-state index in [4.69, 9.17) is 4.74 Å². The van der Waals surface area contributed by atoms with Crippen molar-refractivity contribution in [3.05, 3.63) is 24.3 Å². The van der Waals surface area contributed by atoms with Gasteiger partial charge in [0.15, 0.2) is 0 Å². The van der Waals surface area contributed by atoms with Gasteiger partial charge < -0.3 is 19.4 Å². The van der Waals surface area contributed by atoms with Crippen molar-refractivity contribution in [3.63, 3.8) is 0 Å². The fourth-order valence-corrected chi connectivity index (χ4v) is 3.49. The van der Waals surface area contributed by atoms with Gasteiger partial charge in [0.05, 0.1) is 13.7 Å². The summed E-state index contributed by atoms with van der Waals surface area (Å²) in [6.45, 7) is 3.93. The molecule has 0 bridgehead atoms. The summed E-state index contributed by atoms with van der Waals surface area (Å²) >= 11 is 0. The molecule has 2 saturated heterocycles. The molecule has 136 valence electrons. The lowest BCUT2D eigenvalue weighted by Gasteiger charge is -2.37. The van der Waals surface area contributed by atoms with Crippen LogP contribution in [0.15, 0.2) is 24.3 Å². The smallest absolute Gasteiger partial charge is 0.242 e. The minimum Gasteiger partial charge on any atom is -0.497 e. The lowest BCUT2D eigenvalue weighted by atomic mass is 10.2. The molecule has 0 aliphatic carbocycles. The maximum absolute atomic E-state index is 12.6. The summed E-state index contributed by atoms with van der Waals surface area (Å²) in [4.78, 5) is 30.5. The molecule has 2 fully saturated rings. The summed E-state index contributed by atoms with van der Waals surface area (Å²) in [5, 5.41) is 0. The molecule has 2 heterocycles. The maximum Gasteiger partial charge on any atom is 0.242 e. The van der Waals surface area contributed by atoms with E-state index >= 15 is 0 Å². The molecule has 1 aromatic rings. The number of benzene rings is 1. The van der Waals surface area contributed by atoms with Gasteiger partial charge in [-0.05, 0) is 25.0 Å². The molecule has 0 aromatic heterocycles. The first-order chi connectivity index (χ1) is 12.2. The molecule has 0 radical (unpaired) electrons. The Balaban J connectivity index is 1.52. The highest BCUT2D eigenvalue weighted by molar-refractivity contribution is 5.85. The standard InChI is InChI=1S/C19H27N3O3/c1-25-17-7-5-6-16(14-17)20-10-12-21(13-11-20)19(24)15-22-9-4-2-3-8-18(22)23/h5-7,14H,2-4,8-13,15H2,1H3. The van der Waals surface area contributed by atoms with Gasteiger partial charge in [0.25, 0.3) is 0 Å². The number of likely N-dealkylation sites (tertiary alicyclic amines) is 1. The van der Waals surface area contributed by atoms with Gasteiger partial charge in [-0.3, -0.25) is 9.59 Å². The first kappa shape index (κ1) is 17.6. The molecule has 2 aliphatic heterocycles. The first-order valence-electron chi connectivity index (χ1n) is 9.12. The molecule has 3 rings (SSSR count). The Kier molecular flexibility index (Phi) is 5.79. The topological polar surface area (TPSA) is 53.1 Å². The van der Waals surface area contributed by atoms with Crippen LogP contribution in [0.5, 0.6) is 5.75 Å². The number of piperazine rings is 1.